The molecule has 2 heterocycles. The van der Waals surface area contributed by atoms with E-state index in [1.54, 1.807) is 36.4 Å². The Labute approximate surface area is 206 Å². The van der Waals surface area contributed by atoms with Crippen LogP contribution >= 0.6 is 0 Å². The zero-order valence-electron chi connectivity index (χ0n) is 20.5. The number of sulfonamides is 1. The van der Waals surface area contributed by atoms with E-state index in [9.17, 15) is 13.2 Å². The first-order valence-electron chi connectivity index (χ1n) is 11.6. The summed E-state index contributed by atoms with van der Waals surface area (Å²) in [7, 11) is -3.52. The van der Waals surface area contributed by atoms with Gasteiger partial charge in [-0.15, -0.1) is 0 Å². The molecule has 0 aliphatic carbocycles. The van der Waals surface area contributed by atoms with Crippen LogP contribution in [0.2, 0.25) is 0 Å². The largest absolute Gasteiger partial charge is 0.338 e. The smallest absolute Gasteiger partial charge is 0.243 e. The summed E-state index contributed by atoms with van der Waals surface area (Å²) in [5.41, 5.74) is 2.25. The van der Waals surface area contributed by atoms with Crippen LogP contribution in [0.4, 0.5) is 5.69 Å². The Kier molecular flexibility index (Phi) is 7.07. The van der Waals surface area contributed by atoms with E-state index in [1.807, 2.05) is 44.7 Å². The van der Waals surface area contributed by atoms with Crippen molar-refractivity contribution in [3.8, 4) is 11.4 Å². The van der Waals surface area contributed by atoms with Gasteiger partial charge >= 0.3 is 0 Å². The molecular formula is C25H31N5O4S. The van der Waals surface area contributed by atoms with Crippen LogP contribution in [0, 0.1) is 6.92 Å². The Bertz CT molecular complexity index is 1270. The van der Waals surface area contributed by atoms with E-state index in [2.05, 4.69) is 15.5 Å². The number of benzene rings is 2. The number of carbonyl (C=O) groups is 1. The van der Waals surface area contributed by atoms with Gasteiger partial charge in [-0.3, -0.25) is 9.69 Å². The third-order valence-corrected chi connectivity index (χ3v) is 7.76. The van der Waals surface area contributed by atoms with Crippen molar-refractivity contribution in [2.75, 3.05) is 38.0 Å². The molecule has 1 aromatic heterocycles. The summed E-state index contributed by atoms with van der Waals surface area (Å²) in [6.45, 7) is 9.81. The molecule has 35 heavy (non-hydrogen) atoms. The van der Waals surface area contributed by atoms with Gasteiger partial charge < -0.3 is 9.84 Å². The van der Waals surface area contributed by atoms with Crippen molar-refractivity contribution in [2.24, 2.45) is 0 Å². The molecule has 0 saturated carbocycles. The summed E-state index contributed by atoms with van der Waals surface area (Å²) in [5.74, 6) is 0.921. The minimum atomic E-state index is -3.52. The number of amides is 1. The van der Waals surface area contributed by atoms with E-state index in [0.29, 0.717) is 48.5 Å². The number of piperazine rings is 1. The van der Waals surface area contributed by atoms with Crippen molar-refractivity contribution in [2.45, 2.75) is 38.0 Å². The van der Waals surface area contributed by atoms with Crippen molar-refractivity contribution >= 4 is 21.6 Å². The van der Waals surface area contributed by atoms with Crippen LogP contribution in [0.25, 0.3) is 11.4 Å². The lowest BCUT2D eigenvalue weighted by Crippen LogP contribution is -2.50. The fourth-order valence-corrected chi connectivity index (χ4v) is 5.16. The standard InChI is InChI=1S/C25H31N5O4S/c1-18-5-11-21(12-6-18)35(32,33)30-15-13-29(14-16-30)17-22(31)26-20-9-7-19(8-10-20)23-27-24(34-28-23)25(2,3)4/h5-12H,13-17H2,1-4H3,(H,26,31). The van der Waals surface area contributed by atoms with Gasteiger partial charge in [0.05, 0.1) is 11.4 Å². The number of hydrogen-bond donors (Lipinski definition) is 1. The summed E-state index contributed by atoms with van der Waals surface area (Å²) in [6, 6.07) is 14.1. The van der Waals surface area contributed by atoms with Crippen LogP contribution in [0.1, 0.15) is 32.2 Å². The van der Waals surface area contributed by atoms with Gasteiger partial charge in [0, 0.05) is 42.8 Å². The lowest BCUT2D eigenvalue weighted by molar-refractivity contribution is -0.117. The van der Waals surface area contributed by atoms with E-state index in [4.69, 9.17) is 4.52 Å². The van der Waals surface area contributed by atoms with Crippen LogP contribution in [0.15, 0.2) is 57.9 Å². The molecule has 4 rings (SSSR count). The molecule has 0 spiro atoms. The maximum atomic E-state index is 12.9. The Morgan fingerprint density at radius 3 is 2.20 bits per heavy atom. The second-order valence-electron chi connectivity index (χ2n) is 9.79. The molecular weight excluding hydrogens is 466 g/mol. The van der Waals surface area contributed by atoms with Gasteiger partial charge in [-0.2, -0.15) is 9.29 Å². The molecule has 1 N–H and O–H groups in total. The van der Waals surface area contributed by atoms with E-state index >= 15 is 0 Å². The van der Waals surface area contributed by atoms with Crippen LogP contribution in [-0.4, -0.2) is 66.4 Å². The van der Waals surface area contributed by atoms with Gasteiger partial charge in [0.25, 0.3) is 0 Å². The van der Waals surface area contributed by atoms with E-state index in [0.717, 1.165) is 11.1 Å². The fraction of sp³-hybridized carbons (Fsp3) is 0.400. The van der Waals surface area contributed by atoms with Crippen LogP contribution in [-0.2, 0) is 20.2 Å². The molecule has 2 aromatic carbocycles. The summed E-state index contributed by atoms with van der Waals surface area (Å²) in [4.78, 5) is 19.3. The number of carbonyl (C=O) groups excluding carboxylic acids is 1. The highest BCUT2D eigenvalue weighted by Crippen LogP contribution is 2.24. The number of hydrogen-bond acceptors (Lipinski definition) is 7. The van der Waals surface area contributed by atoms with Gasteiger partial charge in [0.2, 0.25) is 27.6 Å². The fourth-order valence-electron chi connectivity index (χ4n) is 3.74. The maximum Gasteiger partial charge on any atom is 0.243 e. The maximum absolute atomic E-state index is 12.9. The van der Waals surface area contributed by atoms with Crippen molar-refractivity contribution in [1.29, 1.82) is 0 Å². The molecule has 0 bridgehead atoms. The first-order chi connectivity index (χ1) is 16.5. The third-order valence-electron chi connectivity index (χ3n) is 5.85. The minimum absolute atomic E-state index is 0.151. The summed E-state index contributed by atoms with van der Waals surface area (Å²) in [5, 5.41) is 6.93. The average molecular weight is 498 g/mol. The van der Waals surface area contributed by atoms with Gasteiger partial charge in [0.15, 0.2) is 0 Å². The molecule has 1 amide bonds. The predicted molar refractivity (Wildman–Crippen MR) is 133 cm³/mol. The van der Waals surface area contributed by atoms with Gasteiger partial charge in [-0.25, -0.2) is 8.42 Å². The number of aryl methyl sites for hydroxylation is 1. The molecule has 1 saturated heterocycles. The van der Waals surface area contributed by atoms with Crippen LogP contribution in [0.5, 0.6) is 0 Å². The summed E-state index contributed by atoms with van der Waals surface area (Å²) in [6.07, 6.45) is 0. The summed E-state index contributed by atoms with van der Waals surface area (Å²) >= 11 is 0. The lowest BCUT2D eigenvalue weighted by Gasteiger charge is -2.33. The Hall–Kier alpha value is -3.08. The first kappa shape index (κ1) is 25.0. The van der Waals surface area contributed by atoms with E-state index in [1.165, 1.54) is 4.31 Å². The SMILES string of the molecule is Cc1ccc(S(=O)(=O)N2CCN(CC(=O)Nc3ccc(-c4noc(C(C)(C)C)n4)cc3)CC2)cc1. The molecule has 3 aromatic rings. The average Bonchev–Trinajstić information content (AvgIpc) is 3.31. The zero-order valence-corrected chi connectivity index (χ0v) is 21.3. The quantitative estimate of drug-likeness (QED) is 0.557. The molecule has 0 unspecified atom stereocenters. The topological polar surface area (TPSA) is 109 Å². The number of anilines is 1. The minimum Gasteiger partial charge on any atom is -0.338 e. The Balaban J connectivity index is 1.29. The second-order valence-corrected chi connectivity index (χ2v) is 11.7. The van der Waals surface area contributed by atoms with Crippen LogP contribution < -0.4 is 5.32 Å². The number of rotatable bonds is 6. The Morgan fingerprint density at radius 1 is 1.00 bits per heavy atom. The third kappa shape index (κ3) is 5.95. The molecule has 1 aliphatic heterocycles. The first-order valence-corrected chi connectivity index (χ1v) is 13.0. The highest BCUT2D eigenvalue weighted by atomic mass is 32.2. The lowest BCUT2D eigenvalue weighted by atomic mass is 9.97. The number of nitrogens with one attached hydrogen (secondary N) is 1. The molecule has 186 valence electrons. The predicted octanol–water partition coefficient (Wildman–Crippen LogP) is 3.29. The second kappa shape index (κ2) is 9.88. The molecule has 1 fully saturated rings. The monoisotopic (exact) mass is 497 g/mol. The highest BCUT2D eigenvalue weighted by molar-refractivity contribution is 7.89. The van der Waals surface area contributed by atoms with Crippen LogP contribution in [0.3, 0.4) is 0 Å². The molecule has 0 radical (unpaired) electrons. The molecule has 1 aliphatic rings. The number of nitrogens with zero attached hydrogens (tertiary/aromatic N) is 4. The van der Waals surface area contributed by atoms with Gasteiger partial charge in [0.1, 0.15) is 0 Å². The molecule has 0 atom stereocenters. The van der Waals surface area contributed by atoms with Gasteiger partial charge in [-0.05, 0) is 43.3 Å². The highest BCUT2D eigenvalue weighted by Gasteiger charge is 2.29. The van der Waals surface area contributed by atoms with Gasteiger partial charge in [-0.1, -0.05) is 43.6 Å². The van der Waals surface area contributed by atoms with Crippen molar-refractivity contribution in [3.63, 3.8) is 0 Å². The zero-order chi connectivity index (χ0) is 25.2. The summed E-state index contributed by atoms with van der Waals surface area (Å²) < 4.78 is 32.5. The van der Waals surface area contributed by atoms with Crippen molar-refractivity contribution in [1.82, 2.24) is 19.3 Å². The van der Waals surface area contributed by atoms with Crippen molar-refractivity contribution in [3.05, 3.63) is 60.0 Å². The Morgan fingerprint density at radius 2 is 1.63 bits per heavy atom. The van der Waals surface area contributed by atoms with E-state index in [-0.39, 0.29) is 17.9 Å². The van der Waals surface area contributed by atoms with E-state index < -0.39 is 10.0 Å². The molecule has 9 nitrogen and oxygen atoms in total. The normalized spacial score (nSPS) is 15.8. The molecule has 10 heteroatoms. The van der Waals surface area contributed by atoms with Crippen molar-refractivity contribution < 1.29 is 17.7 Å². The number of aromatic nitrogens is 2.